The molecule has 0 saturated carbocycles. The van der Waals surface area contributed by atoms with Crippen LogP contribution < -0.4 is 4.74 Å². The van der Waals surface area contributed by atoms with Crippen molar-refractivity contribution in [2.45, 2.75) is 12.8 Å². The van der Waals surface area contributed by atoms with Gasteiger partial charge in [-0.2, -0.15) is 0 Å². The first-order chi connectivity index (χ1) is 6.81. The first-order valence-corrected chi connectivity index (χ1v) is 4.61. The molecule has 1 aliphatic rings. The molecule has 0 fully saturated rings. The molecule has 1 aliphatic heterocycles. The van der Waals surface area contributed by atoms with Crippen molar-refractivity contribution in [3.63, 3.8) is 0 Å². The molecule has 0 atom stereocenters. The minimum absolute atomic E-state index is 0.203. The molecule has 0 spiro atoms. The molecule has 1 aromatic rings. The summed E-state index contributed by atoms with van der Waals surface area (Å²) in [5.41, 5.74) is 2.17. The lowest BCUT2D eigenvalue weighted by Gasteiger charge is -2.05. The normalized spacial score (nSPS) is 13.2. The minimum Gasteiger partial charge on any atom is -0.493 e. The van der Waals surface area contributed by atoms with E-state index in [9.17, 15) is 4.79 Å². The van der Waals surface area contributed by atoms with Crippen molar-refractivity contribution in [1.29, 1.82) is 0 Å². The molecule has 0 saturated heterocycles. The van der Waals surface area contributed by atoms with E-state index in [0.717, 1.165) is 23.3 Å². The highest BCUT2D eigenvalue weighted by atomic mass is 16.5. The molecule has 3 heteroatoms. The Labute approximate surface area is 82.6 Å². The molecule has 0 amide bonds. The lowest BCUT2D eigenvalue weighted by atomic mass is 10.0. The number of methoxy groups -OCH3 is 1. The molecule has 1 heterocycles. The van der Waals surface area contributed by atoms with Gasteiger partial charge in [0.2, 0.25) is 0 Å². The number of hydrogen-bond acceptors (Lipinski definition) is 3. The standard InChI is InChI=1S/C11H12O3/c1-13-11(12)7-8-3-2-4-10-9(8)5-6-14-10/h2-4H,5-7H2,1H3. The van der Waals surface area contributed by atoms with Crippen LogP contribution in [0.3, 0.4) is 0 Å². The zero-order valence-corrected chi connectivity index (χ0v) is 8.08. The fraction of sp³-hybridized carbons (Fsp3) is 0.364. The van der Waals surface area contributed by atoms with Gasteiger partial charge < -0.3 is 9.47 Å². The summed E-state index contributed by atoms with van der Waals surface area (Å²) in [4.78, 5) is 11.1. The number of rotatable bonds is 2. The lowest BCUT2D eigenvalue weighted by Crippen LogP contribution is -2.06. The van der Waals surface area contributed by atoms with Crippen LogP contribution in [0.25, 0.3) is 0 Å². The van der Waals surface area contributed by atoms with Crippen molar-refractivity contribution in [2.24, 2.45) is 0 Å². The number of fused-ring (bicyclic) bond motifs is 1. The van der Waals surface area contributed by atoms with E-state index < -0.39 is 0 Å². The van der Waals surface area contributed by atoms with Crippen LogP contribution in [0.15, 0.2) is 18.2 Å². The highest BCUT2D eigenvalue weighted by Gasteiger charge is 2.17. The Balaban J connectivity index is 2.26. The van der Waals surface area contributed by atoms with Crippen LogP contribution in [0.5, 0.6) is 5.75 Å². The zero-order valence-electron chi connectivity index (χ0n) is 8.08. The molecule has 0 N–H and O–H groups in total. The summed E-state index contributed by atoms with van der Waals surface area (Å²) in [6, 6.07) is 5.79. The van der Waals surface area contributed by atoms with Crippen LogP contribution in [-0.4, -0.2) is 19.7 Å². The molecule has 3 nitrogen and oxygen atoms in total. The second-order valence-electron chi connectivity index (χ2n) is 3.25. The number of carbonyl (C=O) groups is 1. The maximum absolute atomic E-state index is 11.1. The van der Waals surface area contributed by atoms with Crippen LogP contribution in [0.2, 0.25) is 0 Å². The molecule has 14 heavy (non-hydrogen) atoms. The summed E-state index contributed by atoms with van der Waals surface area (Å²) >= 11 is 0. The Morgan fingerprint density at radius 2 is 2.43 bits per heavy atom. The third kappa shape index (κ3) is 1.58. The quantitative estimate of drug-likeness (QED) is 0.663. The number of carbonyl (C=O) groups excluding carboxylic acids is 1. The zero-order chi connectivity index (χ0) is 9.97. The smallest absolute Gasteiger partial charge is 0.309 e. The average Bonchev–Trinajstić information content (AvgIpc) is 2.66. The Morgan fingerprint density at radius 3 is 3.21 bits per heavy atom. The number of ether oxygens (including phenoxy) is 2. The summed E-state index contributed by atoms with van der Waals surface area (Å²) in [7, 11) is 1.40. The SMILES string of the molecule is COC(=O)Cc1cccc2c1CCO2. The van der Waals surface area contributed by atoms with Crippen LogP contribution in [0.1, 0.15) is 11.1 Å². The Kier molecular flexibility index (Phi) is 2.39. The molecular weight excluding hydrogens is 180 g/mol. The van der Waals surface area contributed by atoms with Crippen molar-refractivity contribution in [3.05, 3.63) is 29.3 Å². The summed E-state index contributed by atoms with van der Waals surface area (Å²) in [5, 5.41) is 0. The molecule has 0 bridgehead atoms. The van der Waals surface area contributed by atoms with E-state index >= 15 is 0 Å². The van der Waals surface area contributed by atoms with Gasteiger partial charge in [0, 0.05) is 12.0 Å². The Hall–Kier alpha value is -1.51. The van der Waals surface area contributed by atoms with E-state index in [1.807, 2.05) is 18.2 Å². The largest absolute Gasteiger partial charge is 0.493 e. The van der Waals surface area contributed by atoms with E-state index in [2.05, 4.69) is 4.74 Å². The highest BCUT2D eigenvalue weighted by molar-refractivity contribution is 5.73. The molecule has 0 radical (unpaired) electrons. The van der Waals surface area contributed by atoms with E-state index in [0.29, 0.717) is 13.0 Å². The predicted molar refractivity (Wildman–Crippen MR) is 51.4 cm³/mol. The third-order valence-electron chi connectivity index (χ3n) is 2.40. The van der Waals surface area contributed by atoms with Gasteiger partial charge in [0.1, 0.15) is 5.75 Å². The van der Waals surface area contributed by atoms with Crippen LogP contribution in [0, 0.1) is 0 Å². The molecule has 2 rings (SSSR count). The summed E-state index contributed by atoms with van der Waals surface area (Å²) in [5.74, 6) is 0.705. The molecule has 0 aliphatic carbocycles. The molecule has 0 unspecified atom stereocenters. The van der Waals surface area contributed by atoms with Crippen molar-refractivity contribution in [3.8, 4) is 5.75 Å². The summed E-state index contributed by atoms with van der Waals surface area (Å²) in [6.45, 7) is 0.716. The van der Waals surface area contributed by atoms with Gasteiger partial charge in [0.25, 0.3) is 0 Å². The fourth-order valence-electron chi connectivity index (χ4n) is 1.69. The van der Waals surface area contributed by atoms with Crippen molar-refractivity contribution < 1.29 is 14.3 Å². The van der Waals surface area contributed by atoms with Gasteiger partial charge in [-0.15, -0.1) is 0 Å². The number of benzene rings is 1. The van der Waals surface area contributed by atoms with Gasteiger partial charge in [-0.05, 0) is 11.6 Å². The van der Waals surface area contributed by atoms with Gasteiger partial charge in [0.05, 0.1) is 20.1 Å². The molecule has 74 valence electrons. The maximum atomic E-state index is 11.1. The second-order valence-corrected chi connectivity index (χ2v) is 3.25. The maximum Gasteiger partial charge on any atom is 0.309 e. The second kappa shape index (κ2) is 3.70. The third-order valence-corrected chi connectivity index (χ3v) is 2.40. The van der Waals surface area contributed by atoms with E-state index in [4.69, 9.17) is 4.74 Å². The van der Waals surface area contributed by atoms with Gasteiger partial charge in [0.15, 0.2) is 0 Å². The predicted octanol–water partition coefficient (Wildman–Crippen LogP) is 1.34. The Bertz CT molecular complexity index is 358. The van der Waals surface area contributed by atoms with Crippen molar-refractivity contribution in [1.82, 2.24) is 0 Å². The number of esters is 1. The van der Waals surface area contributed by atoms with Gasteiger partial charge in [-0.1, -0.05) is 12.1 Å². The lowest BCUT2D eigenvalue weighted by molar-refractivity contribution is -0.139. The van der Waals surface area contributed by atoms with Crippen LogP contribution in [0.4, 0.5) is 0 Å². The molecular formula is C11H12O3. The van der Waals surface area contributed by atoms with Gasteiger partial charge in [-0.25, -0.2) is 0 Å². The van der Waals surface area contributed by atoms with Crippen molar-refractivity contribution in [2.75, 3.05) is 13.7 Å². The first-order valence-electron chi connectivity index (χ1n) is 4.61. The van der Waals surface area contributed by atoms with Crippen molar-refractivity contribution >= 4 is 5.97 Å². The Morgan fingerprint density at radius 1 is 1.57 bits per heavy atom. The van der Waals surface area contributed by atoms with Crippen LogP contribution in [-0.2, 0) is 22.4 Å². The van der Waals surface area contributed by atoms with E-state index in [1.165, 1.54) is 7.11 Å². The topological polar surface area (TPSA) is 35.5 Å². The average molecular weight is 192 g/mol. The molecule has 1 aromatic carbocycles. The monoisotopic (exact) mass is 192 g/mol. The van der Waals surface area contributed by atoms with Gasteiger partial charge >= 0.3 is 5.97 Å². The molecule has 0 aromatic heterocycles. The summed E-state index contributed by atoms with van der Waals surface area (Å²) < 4.78 is 10.0. The fourth-order valence-corrected chi connectivity index (χ4v) is 1.69. The summed E-state index contributed by atoms with van der Waals surface area (Å²) in [6.07, 6.45) is 1.23. The number of hydrogen-bond donors (Lipinski definition) is 0. The van der Waals surface area contributed by atoms with E-state index in [1.54, 1.807) is 0 Å². The van der Waals surface area contributed by atoms with Crippen LogP contribution >= 0.6 is 0 Å². The first kappa shape index (κ1) is 9.06. The van der Waals surface area contributed by atoms with Gasteiger partial charge in [-0.3, -0.25) is 4.79 Å². The minimum atomic E-state index is -0.203. The highest BCUT2D eigenvalue weighted by Crippen LogP contribution is 2.28. The van der Waals surface area contributed by atoms with E-state index in [-0.39, 0.29) is 5.97 Å².